The number of hydrogen-bond donors (Lipinski definition) is 0. The van der Waals surface area contributed by atoms with E-state index in [1.54, 1.807) is 0 Å². The molecule has 1 nitrogen and oxygen atoms in total. The number of furan rings is 1. The standard InChI is InChI=1S/C48H30O/c1-2-11-31(12-3-1)35-14-10-15-37(29-35)47-41-19-8-6-17-39(41)46(40-18-7-9-20-42(40)47)34-23-21-32(22-24-34)36-26-27-44-43(30-36)48-38-16-5-4-13-33(38)25-28-45(48)49-44/h1-30H/i4D,5D,13D,16D,25D,28D. The minimum atomic E-state index is -0.425. The fourth-order valence-electron chi connectivity index (χ4n) is 7.39. The third-order valence-electron chi connectivity index (χ3n) is 9.62. The molecule has 1 aromatic heterocycles. The van der Waals surface area contributed by atoms with Gasteiger partial charge < -0.3 is 4.42 Å². The Labute approximate surface area is 292 Å². The summed E-state index contributed by atoms with van der Waals surface area (Å²) in [6.07, 6.45) is 0. The maximum absolute atomic E-state index is 8.76. The maximum atomic E-state index is 8.76. The van der Waals surface area contributed by atoms with Gasteiger partial charge in [0, 0.05) is 10.8 Å². The molecule has 10 rings (SSSR count). The van der Waals surface area contributed by atoms with Crippen molar-refractivity contribution in [1.82, 2.24) is 0 Å². The van der Waals surface area contributed by atoms with Gasteiger partial charge in [0.2, 0.25) is 0 Å². The number of hydrogen-bond acceptors (Lipinski definition) is 1. The van der Waals surface area contributed by atoms with Gasteiger partial charge in [-0.05, 0) is 101 Å². The Kier molecular flexibility index (Phi) is 5.02. The normalized spacial score (nSPS) is 13.4. The summed E-state index contributed by atoms with van der Waals surface area (Å²) < 4.78 is 57.3. The molecule has 0 aliphatic rings. The lowest BCUT2D eigenvalue weighted by atomic mass is 9.85. The second-order valence-corrected chi connectivity index (χ2v) is 12.4. The molecule has 228 valence electrons. The summed E-state index contributed by atoms with van der Waals surface area (Å²) in [7, 11) is 0. The predicted octanol–water partition coefficient (Wildman–Crippen LogP) is 13.7. The van der Waals surface area contributed by atoms with E-state index in [2.05, 4.69) is 121 Å². The Hall–Kier alpha value is -6.44. The van der Waals surface area contributed by atoms with Crippen LogP contribution in [0.1, 0.15) is 8.22 Å². The van der Waals surface area contributed by atoms with Crippen LogP contribution in [0.4, 0.5) is 0 Å². The molecule has 9 aromatic carbocycles. The van der Waals surface area contributed by atoms with Crippen molar-refractivity contribution in [2.75, 3.05) is 0 Å². The Morgan fingerprint density at radius 3 is 1.63 bits per heavy atom. The van der Waals surface area contributed by atoms with E-state index in [0.717, 1.165) is 38.6 Å². The van der Waals surface area contributed by atoms with E-state index in [1.807, 2.05) is 24.3 Å². The average Bonchev–Trinajstić information content (AvgIpc) is 3.62. The smallest absolute Gasteiger partial charge is 0.136 e. The molecule has 10 aromatic rings. The van der Waals surface area contributed by atoms with Crippen molar-refractivity contribution in [2.24, 2.45) is 0 Å². The van der Waals surface area contributed by atoms with Crippen LogP contribution in [0, 0.1) is 0 Å². The van der Waals surface area contributed by atoms with Crippen LogP contribution in [0.2, 0.25) is 0 Å². The SMILES string of the molecule is [2H]c1c([2H])c([2H])c2c(c1[2H])c([2H])c([2H])c1oc3ccc(-c4ccc(-c5c6ccccc6c(-c6cccc(-c7ccccc7)c6)c6ccccc56)cc4)cc3c12. The van der Waals surface area contributed by atoms with Gasteiger partial charge in [-0.15, -0.1) is 0 Å². The number of fused-ring (bicyclic) bond motifs is 7. The molecule has 0 aliphatic carbocycles. The van der Waals surface area contributed by atoms with Gasteiger partial charge >= 0.3 is 0 Å². The van der Waals surface area contributed by atoms with Crippen LogP contribution in [0.3, 0.4) is 0 Å². The molecule has 0 amide bonds. The van der Waals surface area contributed by atoms with Gasteiger partial charge in [-0.1, -0.05) is 158 Å². The van der Waals surface area contributed by atoms with E-state index in [4.69, 9.17) is 12.6 Å². The van der Waals surface area contributed by atoms with Crippen molar-refractivity contribution < 1.29 is 12.6 Å². The van der Waals surface area contributed by atoms with E-state index in [1.165, 1.54) is 27.5 Å². The largest absolute Gasteiger partial charge is 0.456 e. The summed E-state index contributed by atoms with van der Waals surface area (Å²) in [5, 5.41) is 5.95. The zero-order valence-corrected chi connectivity index (χ0v) is 26.3. The highest BCUT2D eigenvalue weighted by atomic mass is 16.3. The zero-order valence-electron chi connectivity index (χ0n) is 32.3. The molecular weight excluding hydrogens is 593 g/mol. The van der Waals surface area contributed by atoms with E-state index in [-0.39, 0.29) is 46.6 Å². The Morgan fingerprint density at radius 2 is 0.898 bits per heavy atom. The van der Waals surface area contributed by atoms with Crippen LogP contribution in [-0.4, -0.2) is 0 Å². The maximum Gasteiger partial charge on any atom is 0.136 e. The van der Waals surface area contributed by atoms with Crippen LogP contribution in [0.25, 0.3) is 98.8 Å². The number of benzene rings is 9. The molecule has 0 fully saturated rings. The van der Waals surface area contributed by atoms with Gasteiger partial charge in [0.25, 0.3) is 0 Å². The second-order valence-electron chi connectivity index (χ2n) is 12.4. The van der Waals surface area contributed by atoms with Gasteiger partial charge in [0.15, 0.2) is 0 Å². The van der Waals surface area contributed by atoms with E-state index in [0.29, 0.717) is 16.4 Å². The zero-order chi connectivity index (χ0) is 37.5. The molecule has 1 heteroatoms. The topological polar surface area (TPSA) is 13.1 Å². The Morgan fingerprint density at radius 1 is 0.347 bits per heavy atom. The lowest BCUT2D eigenvalue weighted by Gasteiger charge is -2.18. The highest BCUT2D eigenvalue weighted by Crippen LogP contribution is 2.45. The third kappa shape index (κ3) is 4.47. The monoisotopic (exact) mass is 628 g/mol. The summed E-state index contributed by atoms with van der Waals surface area (Å²) in [5.41, 5.74) is 9.43. The molecule has 0 spiro atoms. The summed E-state index contributed by atoms with van der Waals surface area (Å²) in [5.74, 6) is 0. The molecular formula is C48H30O. The molecule has 0 saturated carbocycles. The summed E-state index contributed by atoms with van der Waals surface area (Å²) >= 11 is 0. The first-order valence-corrected chi connectivity index (χ1v) is 16.4. The highest BCUT2D eigenvalue weighted by Gasteiger charge is 2.17. The van der Waals surface area contributed by atoms with Crippen molar-refractivity contribution in [2.45, 2.75) is 0 Å². The van der Waals surface area contributed by atoms with Crippen LogP contribution in [0.15, 0.2) is 186 Å². The second kappa shape index (κ2) is 11.1. The molecule has 1 heterocycles. The fraction of sp³-hybridized carbons (Fsp3) is 0. The van der Waals surface area contributed by atoms with E-state index >= 15 is 0 Å². The van der Waals surface area contributed by atoms with Gasteiger partial charge in [-0.2, -0.15) is 0 Å². The van der Waals surface area contributed by atoms with Crippen molar-refractivity contribution in [3.63, 3.8) is 0 Å². The van der Waals surface area contributed by atoms with Crippen LogP contribution in [0.5, 0.6) is 0 Å². The molecule has 0 aliphatic heterocycles. The van der Waals surface area contributed by atoms with Crippen LogP contribution < -0.4 is 0 Å². The predicted molar refractivity (Wildman–Crippen MR) is 208 cm³/mol. The molecule has 0 N–H and O–H groups in total. The first-order chi connectivity index (χ1) is 26.8. The number of rotatable bonds is 4. The molecule has 0 saturated heterocycles. The van der Waals surface area contributed by atoms with Crippen molar-refractivity contribution in [1.29, 1.82) is 0 Å². The van der Waals surface area contributed by atoms with Gasteiger partial charge in [0.05, 0.1) is 8.22 Å². The van der Waals surface area contributed by atoms with Crippen molar-refractivity contribution in [3.8, 4) is 44.5 Å². The van der Waals surface area contributed by atoms with E-state index < -0.39 is 6.04 Å². The summed E-state index contributed by atoms with van der Waals surface area (Å²) in [4.78, 5) is 0. The quantitative estimate of drug-likeness (QED) is 0.177. The molecule has 0 atom stereocenters. The van der Waals surface area contributed by atoms with Crippen LogP contribution in [-0.2, 0) is 0 Å². The first kappa shape index (κ1) is 22.2. The summed E-state index contributed by atoms with van der Waals surface area (Å²) in [6.45, 7) is 0. The molecule has 49 heavy (non-hydrogen) atoms. The van der Waals surface area contributed by atoms with Gasteiger partial charge in [0.1, 0.15) is 11.2 Å². The lowest BCUT2D eigenvalue weighted by molar-refractivity contribution is 0.669. The van der Waals surface area contributed by atoms with Crippen molar-refractivity contribution in [3.05, 3.63) is 182 Å². The minimum absolute atomic E-state index is 0.0235. The van der Waals surface area contributed by atoms with Gasteiger partial charge in [-0.25, -0.2) is 0 Å². The Balaban J connectivity index is 1.13. The lowest BCUT2D eigenvalue weighted by Crippen LogP contribution is -1.91. The summed E-state index contributed by atoms with van der Waals surface area (Å²) in [6, 6.07) is 48.8. The highest BCUT2D eigenvalue weighted by molar-refractivity contribution is 6.22. The third-order valence-corrected chi connectivity index (χ3v) is 9.62. The molecule has 0 unspecified atom stereocenters. The van der Waals surface area contributed by atoms with Crippen molar-refractivity contribution >= 4 is 54.3 Å². The molecule has 0 radical (unpaired) electrons. The Bertz CT molecular complexity index is 3150. The first-order valence-electron chi connectivity index (χ1n) is 19.4. The molecule has 0 bridgehead atoms. The van der Waals surface area contributed by atoms with E-state index in [9.17, 15) is 0 Å². The average molecular weight is 629 g/mol. The van der Waals surface area contributed by atoms with Crippen LogP contribution >= 0.6 is 0 Å². The fourth-order valence-corrected chi connectivity index (χ4v) is 7.39. The minimum Gasteiger partial charge on any atom is -0.456 e. The van der Waals surface area contributed by atoms with Gasteiger partial charge in [-0.3, -0.25) is 0 Å².